The molecule has 0 saturated heterocycles. The molecule has 2 rings (SSSR count). The third-order valence-electron chi connectivity index (χ3n) is 2.53. The van der Waals surface area contributed by atoms with E-state index in [0.717, 1.165) is 0 Å². The van der Waals surface area contributed by atoms with E-state index in [1.807, 2.05) is 0 Å². The Hall–Kier alpha value is -2.67. The molecule has 0 saturated carbocycles. The standard InChI is InChI=1S/C14H8FNO2/c1-16-13-8-9(14(17)18)6-7-11(13)10-4-2-3-5-12(10)15/h2-8H,(H,17,18). The summed E-state index contributed by atoms with van der Waals surface area (Å²) in [6, 6.07) is 10.1. The van der Waals surface area contributed by atoms with Crippen molar-refractivity contribution >= 4 is 11.7 Å². The van der Waals surface area contributed by atoms with Gasteiger partial charge in [0.15, 0.2) is 5.69 Å². The van der Waals surface area contributed by atoms with Gasteiger partial charge < -0.3 is 5.11 Å². The molecule has 4 heteroatoms. The van der Waals surface area contributed by atoms with E-state index in [0.29, 0.717) is 11.1 Å². The highest BCUT2D eigenvalue weighted by molar-refractivity contribution is 5.92. The lowest BCUT2D eigenvalue weighted by Crippen LogP contribution is -1.95. The zero-order valence-electron chi connectivity index (χ0n) is 9.22. The Morgan fingerprint density at radius 3 is 2.50 bits per heavy atom. The highest BCUT2D eigenvalue weighted by Crippen LogP contribution is 2.32. The van der Waals surface area contributed by atoms with Gasteiger partial charge in [-0.2, -0.15) is 0 Å². The van der Waals surface area contributed by atoms with Gasteiger partial charge in [-0.1, -0.05) is 24.3 Å². The average molecular weight is 241 g/mol. The maximum atomic E-state index is 13.6. The number of aromatic carboxylic acids is 1. The van der Waals surface area contributed by atoms with Crippen LogP contribution in [0, 0.1) is 12.4 Å². The van der Waals surface area contributed by atoms with Crippen LogP contribution in [0.3, 0.4) is 0 Å². The van der Waals surface area contributed by atoms with Crippen LogP contribution in [-0.2, 0) is 0 Å². The molecule has 0 unspecified atom stereocenters. The van der Waals surface area contributed by atoms with E-state index < -0.39 is 11.8 Å². The van der Waals surface area contributed by atoms with Crippen molar-refractivity contribution in [1.82, 2.24) is 0 Å². The van der Waals surface area contributed by atoms with Crippen molar-refractivity contribution in [3.8, 4) is 11.1 Å². The van der Waals surface area contributed by atoms with Crippen molar-refractivity contribution in [3.63, 3.8) is 0 Å². The topological polar surface area (TPSA) is 41.7 Å². The minimum absolute atomic E-state index is 0.0149. The van der Waals surface area contributed by atoms with Gasteiger partial charge in [0.25, 0.3) is 0 Å². The van der Waals surface area contributed by atoms with E-state index in [9.17, 15) is 9.18 Å². The molecule has 0 aliphatic carbocycles. The largest absolute Gasteiger partial charge is 0.478 e. The fourth-order valence-electron chi connectivity index (χ4n) is 1.66. The molecule has 0 heterocycles. The summed E-state index contributed by atoms with van der Waals surface area (Å²) in [7, 11) is 0. The first kappa shape index (κ1) is 11.8. The second kappa shape index (κ2) is 4.68. The van der Waals surface area contributed by atoms with Crippen molar-refractivity contribution in [3.05, 3.63) is 65.3 Å². The summed E-state index contributed by atoms with van der Waals surface area (Å²) in [6.07, 6.45) is 0. The monoisotopic (exact) mass is 241 g/mol. The Balaban J connectivity index is 2.63. The van der Waals surface area contributed by atoms with Crippen LogP contribution >= 0.6 is 0 Å². The van der Waals surface area contributed by atoms with Gasteiger partial charge in [0, 0.05) is 11.1 Å². The minimum Gasteiger partial charge on any atom is -0.478 e. The predicted octanol–water partition coefficient (Wildman–Crippen LogP) is 3.74. The minimum atomic E-state index is -1.11. The number of nitrogens with zero attached hydrogens (tertiary/aromatic N) is 1. The summed E-state index contributed by atoms with van der Waals surface area (Å²) in [5, 5.41) is 8.84. The molecule has 3 nitrogen and oxygen atoms in total. The molecule has 1 N–H and O–H groups in total. The fraction of sp³-hybridized carbons (Fsp3) is 0. The molecule has 0 aromatic heterocycles. The van der Waals surface area contributed by atoms with Crippen LogP contribution in [-0.4, -0.2) is 11.1 Å². The van der Waals surface area contributed by atoms with Crippen LogP contribution in [0.5, 0.6) is 0 Å². The van der Waals surface area contributed by atoms with Crippen LogP contribution in [0.2, 0.25) is 0 Å². The maximum absolute atomic E-state index is 13.6. The van der Waals surface area contributed by atoms with Crippen molar-refractivity contribution in [2.75, 3.05) is 0 Å². The molecule has 2 aromatic carbocycles. The highest BCUT2D eigenvalue weighted by Gasteiger charge is 2.12. The molecule has 0 bridgehead atoms. The lowest BCUT2D eigenvalue weighted by molar-refractivity contribution is 0.0697. The number of hydrogen-bond donors (Lipinski definition) is 1. The molecule has 0 spiro atoms. The maximum Gasteiger partial charge on any atom is 0.334 e. The van der Waals surface area contributed by atoms with E-state index in [4.69, 9.17) is 11.7 Å². The summed E-state index contributed by atoms with van der Waals surface area (Å²) in [6.45, 7) is 7.05. The van der Waals surface area contributed by atoms with Gasteiger partial charge in [0.1, 0.15) is 5.82 Å². The number of carboxylic acid groups (broad SMARTS) is 1. The molecule has 88 valence electrons. The molecule has 0 radical (unpaired) electrons. The zero-order chi connectivity index (χ0) is 13.1. The van der Waals surface area contributed by atoms with Gasteiger partial charge in [-0.3, -0.25) is 0 Å². The number of benzene rings is 2. The average Bonchev–Trinajstić information content (AvgIpc) is 2.38. The van der Waals surface area contributed by atoms with Crippen molar-refractivity contribution in [2.45, 2.75) is 0 Å². The Kier molecular flexibility index (Phi) is 3.07. The highest BCUT2D eigenvalue weighted by atomic mass is 19.1. The van der Waals surface area contributed by atoms with Gasteiger partial charge >= 0.3 is 5.97 Å². The van der Waals surface area contributed by atoms with Crippen LogP contribution in [0.4, 0.5) is 10.1 Å². The Morgan fingerprint density at radius 2 is 1.89 bits per heavy atom. The van der Waals surface area contributed by atoms with E-state index >= 15 is 0 Å². The normalized spacial score (nSPS) is 9.78. The van der Waals surface area contributed by atoms with Crippen molar-refractivity contribution < 1.29 is 14.3 Å². The van der Waals surface area contributed by atoms with Crippen molar-refractivity contribution in [1.29, 1.82) is 0 Å². The summed E-state index contributed by atoms with van der Waals surface area (Å²) in [4.78, 5) is 14.1. The van der Waals surface area contributed by atoms with Crippen LogP contribution in [0.15, 0.2) is 42.5 Å². The third-order valence-corrected chi connectivity index (χ3v) is 2.53. The smallest absolute Gasteiger partial charge is 0.334 e. The summed E-state index contributed by atoms with van der Waals surface area (Å²) < 4.78 is 13.6. The molecule has 0 amide bonds. The molecule has 0 aliphatic heterocycles. The first-order valence-electron chi connectivity index (χ1n) is 5.13. The predicted molar refractivity (Wildman–Crippen MR) is 65.1 cm³/mol. The second-order valence-corrected chi connectivity index (χ2v) is 3.63. The van der Waals surface area contributed by atoms with Gasteiger partial charge in [-0.25, -0.2) is 14.0 Å². The molecule has 18 heavy (non-hydrogen) atoms. The first-order valence-corrected chi connectivity index (χ1v) is 5.13. The first-order chi connectivity index (χ1) is 8.63. The van der Waals surface area contributed by atoms with Gasteiger partial charge in [0.05, 0.1) is 6.57 Å². The van der Waals surface area contributed by atoms with Crippen LogP contribution in [0.25, 0.3) is 16.0 Å². The van der Waals surface area contributed by atoms with Gasteiger partial charge in [-0.15, -0.1) is 0 Å². The Morgan fingerprint density at radius 1 is 1.17 bits per heavy atom. The van der Waals surface area contributed by atoms with Gasteiger partial charge in [-0.05, 0) is 23.8 Å². The lowest BCUT2D eigenvalue weighted by Gasteiger charge is -2.06. The second-order valence-electron chi connectivity index (χ2n) is 3.63. The number of carboxylic acids is 1. The third kappa shape index (κ3) is 2.06. The number of carbonyl (C=O) groups is 1. The zero-order valence-corrected chi connectivity index (χ0v) is 9.22. The summed E-state index contributed by atoms with van der Waals surface area (Å²) in [5.74, 6) is -1.55. The number of hydrogen-bond acceptors (Lipinski definition) is 1. The van der Waals surface area contributed by atoms with E-state index in [2.05, 4.69) is 4.85 Å². The molecule has 0 atom stereocenters. The SMILES string of the molecule is [C-]#[N+]c1cc(C(=O)O)ccc1-c1ccccc1F. The van der Waals surface area contributed by atoms with E-state index in [1.54, 1.807) is 18.2 Å². The molecular formula is C14H8FNO2. The van der Waals surface area contributed by atoms with E-state index in [1.165, 1.54) is 24.3 Å². The van der Waals surface area contributed by atoms with Crippen LogP contribution in [0.1, 0.15) is 10.4 Å². The quantitative estimate of drug-likeness (QED) is 0.813. The molecule has 0 fully saturated rings. The summed E-state index contributed by atoms with van der Waals surface area (Å²) in [5.41, 5.74) is 0.828. The Labute approximate surface area is 103 Å². The molecular weight excluding hydrogens is 233 g/mol. The van der Waals surface area contributed by atoms with Crippen molar-refractivity contribution in [2.24, 2.45) is 0 Å². The molecule has 0 aliphatic rings. The lowest BCUT2D eigenvalue weighted by atomic mass is 10.0. The Bertz CT molecular complexity index is 659. The summed E-state index contributed by atoms with van der Waals surface area (Å²) >= 11 is 0. The number of halogens is 1. The van der Waals surface area contributed by atoms with Crippen LogP contribution < -0.4 is 0 Å². The van der Waals surface area contributed by atoms with E-state index in [-0.39, 0.29) is 11.3 Å². The van der Waals surface area contributed by atoms with Gasteiger partial charge in [0.2, 0.25) is 0 Å². The molecule has 2 aromatic rings. The fourth-order valence-corrected chi connectivity index (χ4v) is 1.66. The number of rotatable bonds is 2.